The number of halogens is 1. The first-order chi connectivity index (χ1) is 15.6. The zero-order valence-corrected chi connectivity index (χ0v) is 17.8. The molecule has 0 amide bonds. The summed E-state index contributed by atoms with van der Waals surface area (Å²) in [5, 5.41) is 22.4. The van der Waals surface area contributed by atoms with E-state index in [1.807, 2.05) is 55.5 Å². The highest BCUT2D eigenvalue weighted by Gasteiger charge is 2.10. The first kappa shape index (κ1) is 19.7. The fraction of sp³-hybridized carbons (Fsp3) is 0.0370. The molecule has 32 heavy (non-hydrogen) atoms. The number of nitrogens with zero attached hydrogens (tertiary/aromatic N) is 2. The highest BCUT2D eigenvalue weighted by atomic mass is 35.5. The molecule has 5 heteroatoms. The molecule has 0 saturated carbocycles. The SMILES string of the molecule is Cc1cccc2c1oc1cc(C#N)ccc12.N#Cc1ccc2c(c1)oc1c(Cl)cccc12. The number of hydrogen-bond donors (Lipinski definition) is 0. The molecule has 4 nitrogen and oxygen atoms in total. The van der Waals surface area contributed by atoms with Crippen molar-refractivity contribution in [1.82, 2.24) is 0 Å². The van der Waals surface area contributed by atoms with Crippen molar-refractivity contribution in [2.45, 2.75) is 6.92 Å². The van der Waals surface area contributed by atoms with Gasteiger partial charge in [0, 0.05) is 21.5 Å². The molecule has 0 atom stereocenters. The van der Waals surface area contributed by atoms with Crippen LogP contribution >= 0.6 is 11.6 Å². The first-order valence-electron chi connectivity index (χ1n) is 9.92. The Kier molecular flexibility index (Phi) is 4.79. The van der Waals surface area contributed by atoms with Gasteiger partial charge in [0.1, 0.15) is 16.7 Å². The summed E-state index contributed by atoms with van der Waals surface area (Å²) in [5.74, 6) is 0. The molecule has 6 aromatic rings. The molecule has 0 unspecified atom stereocenters. The normalized spacial score (nSPS) is 10.8. The Morgan fingerprint density at radius 3 is 1.78 bits per heavy atom. The van der Waals surface area contributed by atoms with Gasteiger partial charge in [-0.05, 0) is 55.0 Å². The summed E-state index contributed by atoms with van der Waals surface area (Å²) < 4.78 is 11.4. The summed E-state index contributed by atoms with van der Waals surface area (Å²) >= 11 is 6.04. The number of rotatable bonds is 0. The lowest BCUT2D eigenvalue weighted by molar-refractivity contribution is 0.665. The topological polar surface area (TPSA) is 73.9 Å². The fourth-order valence-corrected chi connectivity index (χ4v) is 4.06. The third-order valence-corrected chi connectivity index (χ3v) is 5.70. The number of para-hydroxylation sites is 2. The lowest BCUT2D eigenvalue weighted by atomic mass is 10.1. The standard InChI is InChI=1S/C14H9NO.C13H6ClNO/c1-9-3-2-4-12-11-6-5-10(8-15)7-13(11)16-14(9)12;14-11-3-1-2-10-9-5-4-8(7-15)6-12(9)16-13(10)11/h2-7H,1H3;1-6H. The predicted octanol–water partition coefficient (Wildman–Crippen LogP) is 7.88. The van der Waals surface area contributed by atoms with Crippen LogP contribution in [0, 0.1) is 29.6 Å². The maximum Gasteiger partial charge on any atom is 0.153 e. The molecule has 0 radical (unpaired) electrons. The highest BCUT2D eigenvalue weighted by molar-refractivity contribution is 6.35. The van der Waals surface area contributed by atoms with Gasteiger partial charge in [-0.15, -0.1) is 0 Å². The van der Waals surface area contributed by atoms with E-state index < -0.39 is 0 Å². The molecular formula is C27H15ClN2O2. The molecule has 2 aromatic heterocycles. The van der Waals surface area contributed by atoms with E-state index in [1.54, 1.807) is 24.3 Å². The Hall–Kier alpha value is -4.25. The molecule has 0 saturated heterocycles. The van der Waals surface area contributed by atoms with Crippen LogP contribution in [0.15, 0.2) is 81.6 Å². The first-order valence-corrected chi connectivity index (χ1v) is 10.3. The molecule has 0 aliphatic rings. The second-order valence-corrected chi connectivity index (χ2v) is 7.82. The largest absolute Gasteiger partial charge is 0.456 e. The zero-order chi connectivity index (χ0) is 22.2. The van der Waals surface area contributed by atoms with E-state index >= 15 is 0 Å². The van der Waals surface area contributed by atoms with Crippen molar-refractivity contribution in [3.63, 3.8) is 0 Å². The average Bonchev–Trinajstić information content (AvgIpc) is 3.38. The van der Waals surface area contributed by atoms with E-state index in [9.17, 15) is 0 Å². The minimum Gasteiger partial charge on any atom is -0.456 e. The minimum atomic E-state index is 0.586. The van der Waals surface area contributed by atoms with Crippen molar-refractivity contribution in [2.75, 3.05) is 0 Å². The maximum absolute atomic E-state index is 8.83. The van der Waals surface area contributed by atoms with Gasteiger partial charge in [-0.25, -0.2) is 0 Å². The van der Waals surface area contributed by atoms with E-state index in [0.29, 0.717) is 27.3 Å². The number of hydrogen-bond acceptors (Lipinski definition) is 4. The smallest absolute Gasteiger partial charge is 0.153 e. The molecule has 0 bridgehead atoms. The quantitative estimate of drug-likeness (QED) is 0.243. The molecule has 0 spiro atoms. The van der Waals surface area contributed by atoms with Gasteiger partial charge in [-0.3, -0.25) is 0 Å². The summed E-state index contributed by atoms with van der Waals surface area (Å²) in [4.78, 5) is 0. The Bertz CT molecular complexity index is 1600. The zero-order valence-electron chi connectivity index (χ0n) is 17.0. The third kappa shape index (κ3) is 3.24. The molecule has 6 rings (SSSR count). The molecule has 0 N–H and O–H groups in total. The molecule has 0 aliphatic heterocycles. The molecule has 152 valence electrons. The van der Waals surface area contributed by atoms with Crippen molar-refractivity contribution in [2.24, 2.45) is 0 Å². The summed E-state index contributed by atoms with van der Waals surface area (Å²) in [5.41, 5.74) is 5.39. The van der Waals surface area contributed by atoms with Gasteiger partial charge < -0.3 is 8.83 Å². The van der Waals surface area contributed by atoms with Gasteiger partial charge >= 0.3 is 0 Å². The van der Waals surface area contributed by atoms with Crippen LogP contribution in [0.5, 0.6) is 0 Å². The Balaban J connectivity index is 0.000000135. The monoisotopic (exact) mass is 434 g/mol. The third-order valence-electron chi connectivity index (χ3n) is 5.40. The lowest BCUT2D eigenvalue weighted by Crippen LogP contribution is -1.72. The summed E-state index contributed by atoms with van der Waals surface area (Å²) in [6, 6.07) is 26.9. The van der Waals surface area contributed by atoms with Crippen LogP contribution in [0.25, 0.3) is 43.9 Å². The van der Waals surface area contributed by atoms with Gasteiger partial charge in [-0.2, -0.15) is 10.5 Å². The number of benzene rings is 4. The fourth-order valence-electron chi connectivity index (χ4n) is 3.84. The second-order valence-electron chi connectivity index (χ2n) is 7.42. The molecule has 0 aliphatic carbocycles. The number of nitriles is 2. The number of furan rings is 2. The van der Waals surface area contributed by atoms with Gasteiger partial charge in [0.05, 0.1) is 28.3 Å². The van der Waals surface area contributed by atoms with Crippen LogP contribution in [0.4, 0.5) is 0 Å². The predicted molar refractivity (Wildman–Crippen MR) is 127 cm³/mol. The summed E-state index contributed by atoms with van der Waals surface area (Å²) in [7, 11) is 0. The van der Waals surface area contributed by atoms with E-state index in [2.05, 4.69) is 12.1 Å². The van der Waals surface area contributed by atoms with Gasteiger partial charge in [0.25, 0.3) is 0 Å². The Morgan fingerprint density at radius 1 is 0.656 bits per heavy atom. The van der Waals surface area contributed by atoms with Gasteiger partial charge in [0.2, 0.25) is 0 Å². The van der Waals surface area contributed by atoms with Crippen molar-refractivity contribution in [3.05, 3.63) is 94.5 Å². The van der Waals surface area contributed by atoms with E-state index in [1.165, 1.54) is 0 Å². The number of aryl methyl sites for hydroxylation is 1. The average molecular weight is 435 g/mol. The van der Waals surface area contributed by atoms with Crippen LogP contribution in [-0.2, 0) is 0 Å². The van der Waals surface area contributed by atoms with Crippen LogP contribution in [0.1, 0.15) is 16.7 Å². The van der Waals surface area contributed by atoms with E-state index in [4.69, 9.17) is 31.0 Å². The molecule has 2 heterocycles. The van der Waals surface area contributed by atoms with Gasteiger partial charge in [-0.1, -0.05) is 41.9 Å². The lowest BCUT2D eigenvalue weighted by Gasteiger charge is -1.91. The maximum atomic E-state index is 8.83. The summed E-state index contributed by atoms with van der Waals surface area (Å²) in [6.07, 6.45) is 0. The van der Waals surface area contributed by atoms with Crippen LogP contribution < -0.4 is 0 Å². The van der Waals surface area contributed by atoms with Gasteiger partial charge in [0.15, 0.2) is 5.58 Å². The molecular weight excluding hydrogens is 420 g/mol. The molecule has 0 fully saturated rings. The minimum absolute atomic E-state index is 0.586. The molecule has 4 aromatic carbocycles. The van der Waals surface area contributed by atoms with Crippen LogP contribution in [-0.4, -0.2) is 0 Å². The van der Waals surface area contributed by atoms with E-state index in [0.717, 1.165) is 38.3 Å². The summed E-state index contributed by atoms with van der Waals surface area (Å²) in [6.45, 7) is 2.02. The Labute approximate surface area is 188 Å². The highest BCUT2D eigenvalue weighted by Crippen LogP contribution is 2.33. The van der Waals surface area contributed by atoms with E-state index in [-0.39, 0.29) is 0 Å². The second kappa shape index (κ2) is 7.78. The number of fused-ring (bicyclic) bond motifs is 6. The van der Waals surface area contributed by atoms with Crippen LogP contribution in [0.2, 0.25) is 5.02 Å². The van der Waals surface area contributed by atoms with Crippen molar-refractivity contribution in [1.29, 1.82) is 10.5 Å². The van der Waals surface area contributed by atoms with Crippen molar-refractivity contribution < 1.29 is 8.83 Å². The van der Waals surface area contributed by atoms with Crippen molar-refractivity contribution in [3.8, 4) is 12.1 Å². The van der Waals surface area contributed by atoms with Crippen LogP contribution in [0.3, 0.4) is 0 Å². The van der Waals surface area contributed by atoms with Crippen molar-refractivity contribution >= 4 is 55.5 Å². The Morgan fingerprint density at radius 2 is 1.19 bits per heavy atom.